The molecule has 0 atom stereocenters. The van der Waals surface area contributed by atoms with Crippen molar-refractivity contribution in [2.75, 3.05) is 13.7 Å². The zero-order valence-electron chi connectivity index (χ0n) is 13.4. The predicted molar refractivity (Wildman–Crippen MR) is 97.3 cm³/mol. The van der Waals surface area contributed by atoms with Crippen LogP contribution in [0.25, 0.3) is 0 Å². The van der Waals surface area contributed by atoms with Crippen LogP contribution in [-0.4, -0.2) is 30.8 Å². The molecule has 0 saturated carbocycles. The number of benzene rings is 2. The highest BCUT2D eigenvalue weighted by Crippen LogP contribution is 2.31. The number of hydrazone groups is 1. The van der Waals surface area contributed by atoms with E-state index in [2.05, 4.69) is 10.5 Å². The second-order valence-corrected chi connectivity index (χ2v) is 5.66. The molecule has 0 fully saturated rings. The average Bonchev–Trinajstić information content (AvgIpc) is 2.59. The number of rotatable bonds is 7. The molecule has 10 heteroatoms. The Balaban J connectivity index is 1.98. The van der Waals surface area contributed by atoms with Gasteiger partial charge in [0.1, 0.15) is 5.75 Å². The van der Waals surface area contributed by atoms with E-state index < -0.39 is 17.4 Å². The van der Waals surface area contributed by atoms with Crippen LogP contribution in [0.2, 0.25) is 10.0 Å². The summed E-state index contributed by atoms with van der Waals surface area (Å²) in [5, 5.41) is 15.3. The van der Waals surface area contributed by atoms with Crippen LogP contribution in [0.15, 0.2) is 41.5 Å². The van der Waals surface area contributed by atoms with E-state index in [4.69, 9.17) is 32.7 Å². The van der Waals surface area contributed by atoms with Gasteiger partial charge in [0.2, 0.25) is 0 Å². The summed E-state index contributed by atoms with van der Waals surface area (Å²) >= 11 is 11.9. The van der Waals surface area contributed by atoms with Gasteiger partial charge in [-0.25, -0.2) is 5.43 Å². The van der Waals surface area contributed by atoms with E-state index >= 15 is 0 Å². The van der Waals surface area contributed by atoms with E-state index in [0.29, 0.717) is 21.4 Å². The van der Waals surface area contributed by atoms with Crippen LogP contribution >= 0.6 is 23.2 Å². The van der Waals surface area contributed by atoms with Gasteiger partial charge in [-0.3, -0.25) is 14.9 Å². The van der Waals surface area contributed by atoms with Gasteiger partial charge >= 0.3 is 5.69 Å². The number of nitrogens with zero attached hydrogens (tertiary/aromatic N) is 2. The quantitative estimate of drug-likeness (QED) is 0.437. The first-order valence-electron chi connectivity index (χ1n) is 7.13. The number of hydrogen-bond acceptors (Lipinski definition) is 6. The summed E-state index contributed by atoms with van der Waals surface area (Å²) in [6.45, 7) is -0.449. The number of para-hydroxylation sites is 2. The molecule has 2 rings (SSSR count). The molecule has 0 heterocycles. The lowest BCUT2D eigenvalue weighted by Gasteiger charge is -2.07. The Kier molecular flexibility index (Phi) is 6.76. The molecule has 136 valence electrons. The highest BCUT2D eigenvalue weighted by Gasteiger charge is 2.14. The second kappa shape index (κ2) is 9.02. The van der Waals surface area contributed by atoms with Crippen molar-refractivity contribution < 1.29 is 19.2 Å². The van der Waals surface area contributed by atoms with E-state index in [1.807, 2.05) is 0 Å². The number of methoxy groups -OCH3 is 1. The maximum absolute atomic E-state index is 11.8. The molecule has 0 bridgehead atoms. The molecule has 1 amide bonds. The van der Waals surface area contributed by atoms with Gasteiger partial charge in [0.25, 0.3) is 5.91 Å². The first-order valence-corrected chi connectivity index (χ1v) is 7.89. The zero-order chi connectivity index (χ0) is 19.1. The number of amides is 1. The van der Waals surface area contributed by atoms with Gasteiger partial charge < -0.3 is 9.47 Å². The summed E-state index contributed by atoms with van der Waals surface area (Å²) in [4.78, 5) is 22.1. The summed E-state index contributed by atoms with van der Waals surface area (Å²) < 4.78 is 10.3. The van der Waals surface area contributed by atoms with E-state index in [1.165, 1.54) is 37.6 Å². The van der Waals surface area contributed by atoms with Crippen molar-refractivity contribution in [3.8, 4) is 11.5 Å². The molecule has 1 N–H and O–H groups in total. The molecular formula is C16H13Cl2N3O5. The van der Waals surface area contributed by atoms with Crippen molar-refractivity contribution in [2.45, 2.75) is 0 Å². The highest BCUT2D eigenvalue weighted by atomic mass is 35.5. The normalized spacial score (nSPS) is 10.6. The lowest BCUT2D eigenvalue weighted by atomic mass is 10.2. The average molecular weight is 398 g/mol. The van der Waals surface area contributed by atoms with Gasteiger partial charge in [0.05, 0.1) is 23.3 Å². The van der Waals surface area contributed by atoms with E-state index in [9.17, 15) is 14.9 Å². The van der Waals surface area contributed by atoms with Crippen LogP contribution in [-0.2, 0) is 4.79 Å². The number of halogens is 2. The first kappa shape index (κ1) is 19.5. The van der Waals surface area contributed by atoms with Crippen LogP contribution < -0.4 is 14.9 Å². The molecule has 26 heavy (non-hydrogen) atoms. The van der Waals surface area contributed by atoms with Gasteiger partial charge in [0.15, 0.2) is 12.4 Å². The standard InChI is InChI=1S/C16H13Cl2N3O5/c1-25-16-10(6-11(17)7-12(16)18)8-19-20-15(22)9-26-14-5-3-2-4-13(14)21(23)24/h2-8H,9H2,1H3,(H,20,22)/b19-8-. The molecule has 8 nitrogen and oxygen atoms in total. The van der Waals surface area contributed by atoms with Gasteiger partial charge in [-0.15, -0.1) is 0 Å². The van der Waals surface area contributed by atoms with E-state index in [1.54, 1.807) is 12.1 Å². The van der Waals surface area contributed by atoms with Crippen LogP contribution in [0.5, 0.6) is 11.5 Å². The van der Waals surface area contributed by atoms with Crippen LogP contribution in [0.3, 0.4) is 0 Å². The molecule has 2 aromatic carbocycles. The molecule has 0 aromatic heterocycles. The second-order valence-electron chi connectivity index (χ2n) is 4.82. The molecule has 0 unspecified atom stereocenters. The largest absolute Gasteiger partial charge is 0.495 e. The van der Waals surface area contributed by atoms with Crippen molar-refractivity contribution in [3.05, 3.63) is 62.1 Å². The number of nitro benzene ring substituents is 1. The summed E-state index contributed by atoms with van der Waals surface area (Å²) in [7, 11) is 1.44. The maximum Gasteiger partial charge on any atom is 0.310 e. The van der Waals surface area contributed by atoms with Gasteiger partial charge in [-0.05, 0) is 18.2 Å². The Morgan fingerprint density at radius 2 is 2.08 bits per heavy atom. The predicted octanol–water partition coefficient (Wildman–Crippen LogP) is 3.44. The van der Waals surface area contributed by atoms with Gasteiger partial charge in [-0.1, -0.05) is 35.3 Å². The smallest absolute Gasteiger partial charge is 0.310 e. The van der Waals surface area contributed by atoms with Crippen molar-refractivity contribution in [2.24, 2.45) is 5.10 Å². The Morgan fingerprint density at radius 1 is 1.35 bits per heavy atom. The summed E-state index contributed by atoms with van der Waals surface area (Å²) in [5.74, 6) is -0.267. The lowest BCUT2D eigenvalue weighted by Crippen LogP contribution is -2.24. The topological polar surface area (TPSA) is 103 Å². The highest BCUT2D eigenvalue weighted by molar-refractivity contribution is 6.36. The van der Waals surface area contributed by atoms with Crippen molar-refractivity contribution >= 4 is 41.0 Å². The van der Waals surface area contributed by atoms with Crippen molar-refractivity contribution in [1.29, 1.82) is 0 Å². The lowest BCUT2D eigenvalue weighted by molar-refractivity contribution is -0.385. The first-order chi connectivity index (χ1) is 12.4. The fraction of sp³-hybridized carbons (Fsp3) is 0.125. The number of nitrogens with one attached hydrogen (secondary N) is 1. The fourth-order valence-corrected chi connectivity index (χ4v) is 2.56. The number of carbonyl (C=O) groups excluding carboxylic acids is 1. The fourth-order valence-electron chi connectivity index (χ4n) is 1.97. The third-order valence-corrected chi connectivity index (χ3v) is 3.55. The van der Waals surface area contributed by atoms with Gasteiger partial charge in [0, 0.05) is 16.7 Å². The minimum absolute atomic E-state index is 0.0140. The van der Waals surface area contributed by atoms with E-state index in [-0.39, 0.29) is 11.4 Å². The Morgan fingerprint density at radius 3 is 2.77 bits per heavy atom. The van der Waals surface area contributed by atoms with Crippen LogP contribution in [0.1, 0.15) is 5.56 Å². The molecule has 0 aliphatic carbocycles. The molecule has 0 aliphatic rings. The molecule has 2 aromatic rings. The van der Waals surface area contributed by atoms with Crippen molar-refractivity contribution in [3.63, 3.8) is 0 Å². The zero-order valence-corrected chi connectivity index (χ0v) is 15.0. The summed E-state index contributed by atoms with van der Waals surface area (Å²) in [5.41, 5.74) is 2.46. The third kappa shape index (κ3) is 5.08. The summed E-state index contributed by atoms with van der Waals surface area (Å²) in [6.07, 6.45) is 1.31. The molecule has 0 radical (unpaired) electrons. The summed E-state index contributed by atoms with van der Waals surface area (Å²) in [6, 6.07) is 8.81. The molecule has 0 spiro atoms. The molecular weight excluding hydrogens is 385 g/mol. The Labute approximate surface area is 158 Å². The third-order valence-electron chi connectivity index (χ3n) is 3.05. The molecule has 0 aliphatic heterocycles. The molecule has 0 saturated heterocycles. The maximum atomic E-state index is 11.8. The minimum atomic E-state index is -0.605. The Bertz CT molecular complexity index is 858. The SMILES string of the molecule is COc1c(Cl)cc(Cl)cc1/C=N\NC(=O)COc1ccccc1[N+](=O)[O-]. The van der Waals surface area contributed by atoms with Crippen LogP contribution in [0, 0.1) is 10.1 Å². The minimum Gasteiger partial charge on any atom is -0.495 e. The monoisotopic (exact) mass is 397 g/mol. The van der Waals surface area contributed by atoms with Gasteiger partial charge in [-0.2, -0.15) is 5.10 Å². The van der Waals surface area contributed by atoms with Crippen LogP contribution in [0.4, 0.5) is 5.69 Å². The van der Waals surface area contributed by atoms with Crippen molar-refractivity contribution in [1.82, 2.24) is 5.43 Å². The Hall–Kier alpha value is -2.84. The number of ether oxygens (including phenoxy) is 2. The van der Waals surface area contributed by atoms with E-state index in [0.717, 1.165) is 0 Å². The number of hydrogen-bond donors (Lipinski definition) is 1. The number of carbonyl (C=O) groups is 1. The number of nitro groups is 1.